The Morgan fingerprint density at radius 2 is 1.75 bits per heavy atom. The van der Waals surface area contributed by atoms with Gasteiger partial charge >= 0.3 is 0 Å². The molecule has 28 heavy (non-hydrogen) atoms. The van der Waals surface area contributed by atoms with Gasteiger partial charge in [-0.05, 0) is 41.1 Å². The fourth-order valence-corrected chi connectivity index (χ4v) is 3.20. The number of hydrogen-bond donors (Lipinski definition) is 2. The number of hydrogen-bond acceptors (Lipinski definition) is 4. The normalized spacial score (nSPS) is 11.9. The smallest absolute Gasteiger partial charge is 0.258 e. The van der Waals surface area contributed by atoms with E-state index in [0.29, 0.717) is 17.1 Å². The molecule has 0 saturated carbocycles. The Morgan fingerprint density at radius 1 is 0.964 bits per heavy atom. The van der Waals surface area contributed by atoms with E-state index in [1.807, 2.05) is 48.5 Å². The van der Waals surface area contributed by atoms with Crippen LogP contribution in [0.15, 0.2) is 89.5 Å². The van der Waals surface area contributed by atoms with Crippen molar-refractivity contribution in [1.82, 2.24) is 5.32 Å². The van der Waals surface area contributed by atoms with Crippen LogP contribution in [0.3, 0.4) is 0 Å². The SMILES string of the molecule is O=C(COc1ccccc1)N[C@@H](c1ccco1)c1c(O)ccc2ccccc12. The highest BCUT2D eigenvalue weighted by molar-refractivity contribution is 5.89. The number of fused-ring (bicyclic) bond motifs is 1. The topological polar surface area (TPSA) is 71.7 Å². The van der Waals surface area contributed by atoms with E-state index in [2.05, 4.69) is 5.32 Å². The summed E-state index contributed by atoms with van der Waals surface area (Å²) in [4.78, 5) is 12.6. The number of aromatic hydroxyl groups is 1. The summed E-state index contributed by atoms with van der Waals surface area (Å²) in [5.74, 6) is 0.905. The average Bonchev–Trinajstić information content (AvgIpc) is 3.26. The molecule has 0 aliphatic heterocycles. The average molecular weight is 373 g/mol. The predicted molar refractivity (Wildman–Crippen MR) is 106 cm³/mol. The number of amides is 1. The van der Waals surface area contributed by atoms with E-state index in [9.17, 15) is 9.90 Å². The number of phenolic OH excluding ortho intramolecular Hbond substituents is 1. The minimum Gasteiger partial charge on any atom is -0.508 e. The third-order valence-electron chi connectivity index (χ3n) is 4.48. The number of carbonyl (C=O) groups is 1. The van der Waals surface area contributed by atoms with Crippen LogP contribution >= 0.6 is 0 Å². The number of furan rings is 1. The van der Waals surface area contributed by atoms with Crippen LogP contribution in [0.4, 0.5) is 0 Å². The van der Waals surface area contributed by atoms with Crippen molar-refractivity contribution in [3.05, 3.63) is 96.4 Å². The van der Waals surface area contributed by atoms with Crippen molar-refractivity contribution in [1.29, 1.82) is 0 Å². The predicted octanol–water partition coefficient (Wildman–Crippen LogP) is 4.42. The molecule has 3 aromatic carbocycles. The van der Waals surface area contributed by atoms with Gasteiger partial charge in [0.1, 0.15) is 23.3 Å². The highest BCUT2D eigenvalue weighted by atomic mass is 16.5. The molecule has 0 aliphatic carbocycles. The summed E-state index contributed by atoms with van der Waals surface area (Å²) in [5, 5.41) is 15.3. The zero-order chi connectivity index (χ0) is 19.3. The van der Waals surface area contributed by atoms with Crippen LogP contribution in [-0.4, -0.2) is 17.6 Å². The Labute approximate surface area is 162 Å². The van der Waals surface area contributed by atoms with E-state index in [-0.39, 0.29) is 18.3 Å². The van der Waals surface area contributed by atoms with Crippen molar-refractivity contribution < 1.29 is 19.1 Å². The number of ether oxygens (including phenoxy) is 1. The highest BCUT2D eigenvalue weighted by Gasteiger charge is 2.24. The summed E-state index contributed by atoms with van der Waals surface area (Å²) in [6.45, 7) is -0.146. The zero-order valence-corrected chi connectivity index (χ0v) is 15.0. The molecule has 1 heterocycles. The molecule has 0 unspecified atom stereocenters. The molecule has 2 N–H and O–H groups in total. The molecule has 0 fully saturated rings. The molecule has 4 rings (SSSR count). The van der Waals surface area contributed by atoms with Gasteiger partial charge in [0, 0.05) is 5.56 Å². The maximum atomic E-state index is 12.6. The van der Waals surface area contributed by atoms with Gasteiger partial charge < -0.3 is 19.6 Å². The van der Waals surface area contributed by atoms with Crippen molar-refractivity contribution in [2.75, 3.05) is 6.61 Å². The fraction of sp³-hybridized carbons (Fsp3) is 0.0870. The maximum Gasteiger partial charge on any atom is 0.258 e. The molecule has 0 bridgehead atoms. The molecule has 1 amide bonds. The Morgan fingerprint density at radius 3 is 2.54 bits per heavy atom. The van der Waals surface area contributed by atoms with Gasteiger partial charge in [0.15, 0.2) is 6.61 Å². The third kappa shape index (κ3) is 3.69. The quantitative estimate of drug-likeness (QED) is 0.525. The molecule has 0 radical (unpaired) electrons. The van der Waals surface area contributed by atoms with E-state index in [1.54, 1.807) is 30.3 Å². The Balaban J connectivity index is 1.64. The Bertz CT molecular complexity index is 1070. The molecule has 4 aromatic rings. The molecule has 0 saturated heterocycles. The van der Waals surface area contributed by atoms with Crippen molar-refractivity contribution in [3.8, 4) is 11.5 Å². The fourth-order valence-electron chi connectivity index (χ4n) is 3.20. The maximum absolute atomic E-state index is 12.6. The first kappa shape index (κ1) is 17.7. The minimum absolute atomic E-state index is 0.0874. The van der Waals surface area contributed by atoms with Crippen LogP contribution in [0.2, 0.25) is 0 Å². The number of phenols is 1. The number of para-hydroxylation sites is 1. The largest absolute Gasteiger partial charge is 0.508 e. The number of nitrogens with one attached hydrogen (secondary N) is 1. The van der Waals surface area contributed by atoms with Gasteiger partial charge in [0.2, 0.25) is 0 Å². The first-order valence-corrected chi connectivity index (χ1v) is 8.93. The first-order chi connectivity index (χ1) is 13.7. The van der Waals surface area contributed by atoms with Crippen LogP contribution in [0.5, 0.6) is 11.5 Å². The standard InChI is InChI=1S/C23H19NO4/c25-19-13-12-16-7-4-5-10-18(16)22(19)23(20-11-6-14-27-20)24-21(26)15-28-17-8-2-1-3-9-17/h1-14,23,25H,15H2,(H,24,26)/t23-/m0/s1. The lowest BCUT2D eigenvalue weighted by atomic mass is 9.96. The second kappa shape index (κ2) is 7.88. The van der Waals surface area contributed by atoms with E-state index in [1.165, 1.54) is 6.26 Å². The highest BCUT2D eigenvalue weighted by Crippen LogP contribution is 2.35. The molecule has 0 aliphatic rings. The van der Waals surface area contributed by atoms with Crippen LogP contribution in [-0.2, 0) is 4.79 Å². The van der Waals surface area contributed by atoms with E-state index < -0.39 is 6.04 Å². The molecular weight excluding hydrogens is 354 g/mol. The van der Waals surface area contributed by atoms with Crippen molar-refractivity contribution >= 4 is 16.7 Å². The summed E-state index contributed by atoms with van der Waals surface area (Å²) in [5.41, 5.74) is 0.584. The van der Waals surface area contributed by atoms with Gasteiger partial charge in [0.05, 0.1) is 6.26 Å². The molecule has 1 atom stereocenters. The Kier molecular flexibility index (Phi) is 4.97. The molecule has 1 aromatic heterocycles. The lowest BCUT2D eigenvalue weighted by Gasteiger charge is -2.20. The van der Waals surface area contributed by atoms with Crippen molar-refractivity contribution in [2.24, 2.45) is 0 Å². The van der Waals surface area contributed by atoms with Gasteiger partial charge in [-0.25, -0.2) is 0 Å². The van der Waals surface area contributed by atoms with Gasteiger partial charge in [-0.2, -0.15) is 0 Å². The van der Waals surface area contributed by atoms with Crippen LogP contribution in [0.25, 0.3) is 10.8 Å². The summed E-state index contributed by atoms with van der Waals surface area (Å²) in [6.07, 6.45) is 1.54. The van der Waals surface area contributed by atoms with Gasteiger partial charge in [-0.1, -0.05) is 48.5 Å². The van der Waals surface area contributed by atoms with E-state index in [0.717, 1.165) is 10.8 Å². The number of benzene rings is 3. The van der Waals surface area contributed by atoms with Crippen molar-refractivity contribution in [3.63, 3.8) is 0 Å². The number of rotatable bonds is 6. The van der Waals surface area contributed by atoms with Crippen LogP contribution in [0.1, 0.15) is 17.4 Å². The monoisotopic (exact) mass is 373 g/mol. The van der Waals surface area contributed by atoms with E-state index >= 15 is 0 Å². The molecule has 140 valence electrons. The lowest BCUT2D eigenvalue weighted by molar-refractivity contribution is -0.123. The molecule has 0 spiro atoms. The number of carbonyl (C=O) groups excluding carboxylic acids is 1. The zero-order valence-electron chi connectivity index (χ0n) is 15.0. The summed E-state index contributed by atoms with van der Waals surface area (Å²) < 4.78 is 11.1. The van der Waals surface area contributed by atoms with Crippen molar-refractivity contribution in [2.45, 2.75) is 6.04 Å². The van der Waals surface area contributed by atoms with Crippen LogP contribution in [0, 0.1) is 0 Å². The molecule has 5 nitrogen and oxygen atoms in total. The lowest BCUT2D eigenvalue weighted by Crippen LogP contribution is -2.33. The van der Waals surface area contributed by atoms with E-state index in [4.69, 9.17) is 9.15 Å². The van der Waals surface area contributed by atoms with Gasteiger partial charge in [0.25, 0.3) is 5.91 Å². The Hall–Kier alpha value is -3.73. The summed E-state index contributed by atoms with van der Waals surface area (Å²) in [7, 11) is 0. The minimum atomic E-state index is -0.645. The first-order valence-electron chi connectivity index (χ1n) is 8.93. The summed E-state index contributed by atoms with van der Waals surface area (Å²) in [6, 6.07) is 23.2. The van der Waals surface area contributed by atoms with Gasteiger partial charge in [-0.3, -0.25) is 4.79 Å². The molecule has 5 heteroatoms. The third-order valence-corrected chi connectivity index (χ3v) is 4.48. The molecular formula is C23H19NO4. The second-order valence-corrected chi connectivity index (χ2v) is 6.34. The van der Waals surface area contributed by atoms with Gasteiger partial charge in [-0.15, -0.1) is 0 Å². The summed E-state index contributed by atoms with van der Waals surface area (Å²) >= 11 is 0. The van der Waals surface area contributed by atoms with Crippen LogP contribution < -0.4 is 10.1 Å². The second-order valence-electron chi connectivity index (χ2n) is 6.34.